The zero-order chi connectivity index (χ0) is 47.5. The zero-order valence-electron chi connectivity index (χ0n) is 35.6. The molecule has 2 aromatic heterocycles. The maximum atomic E-state index is 12.0. The quantitative estimate of drug-likeness (QED) is 0.0846. The van der Waals surface area contributed by atoms with Crippen LogP contribution in [0, 0.1) is 11.8 Å². The molecule has 6 aliphatic rings. The number of hydrogen-bond acceptors (Lipinski definition) is 18. The molecule has 2 saturated heterocycles. The molecule has 4 aliphatic heterocycles. The summed E-state index contributed by atoms with van der Waals surface area (Å²) in [6.07, 6.45) is -12.0. The van der Waals surface area contributed by atoms with Crippen molar-refractivity contribution in [2.45, 2.75) is 61.0 Å². The number of aromatic hydroxyl groups is 2. The summed E-state index contributed by atoms with van der Waals surface area (Å²) in [7, 11) is 0. The molecular formula is C49H40N2O18. The molecule has 2 bridgehead atoms. The van der Waals surface area contributed by atoms with E-state index in [1.165, 1.54) is 0 Å². The molecule has 2 aliphatic carbocycles. The van der Waals surface area contributed by atoms with Crippen LogP contribution in [-0.4, -0.2) is 122 Å². The molecule has 7 aromatic rings. The van der Waals surface area contributed by atoms with Crippen LogP contribution >= 0.6 is 0 Å². The van der Waals surface area contributed by atoms with Gasteiger partial charge in [0.1, 0.15) is 60.6 Å². The number of allylic oxidation sites excluding steroid dienone is 1. The van der Waals surface area contributed by atoms with Crippen molar-refractivity contribution in [2.75, 3.05) is 6.61 Å². The van der Waals surface area contributed by atoms with Crippen molar-refractivity contribution in [3.05, 3.63) is 120 Å². The Kier molecular flexibility index (Phi) is 9.12. The van der Waals surface area contributed by atoms with Crippen LogP contribution in [0.5, 0.6) is 23.0 Å². The standard InChI is InChI=1S/C49H40N2O18/c1-17-29-44-32(35(54)39(58)46(29)66-64-43(17)38(57)34(53)28(52)16-62-63-44)50-24-8-4-2-6-20(24)22-14-18(10-12-26(22)50)19-11-13-27-23(15-19)21-7-3-5-9-25(21)51(27)33-36(55)40(59)47-30-31-48(67-65-45(30)33)41(60)37(56)42(61)49(31)69-68-47/h2-15,30-31,33,36-37,40-42,45,47-49,52-61H,1,16H2/b34-28-,43-38-. The Labute approximate surface area is 387 Å². The smallest absolute Gasteiger partial charge is 0.236 e. The van der Waals surface area contributed by atoms with E-state index in [1.807, 2.05) is 77.4 Å². The number of aromatic nitrogens is 2. The molecule has 0 amide bonds. The minimum Gasteiger partial charge on any atom is -0.506 e. The van der Waals surface area contributed by atoms with Gasteiger partial charge in [0.2, 0.25) is 34.5 Å². The number of aliphatic hydroxyl groups excluding tert-OH is 8. The lowest BCUT2D eigenvalue weighted by Gasteiger charge is -2.59. The van der Waals surface area contributed by atoms with Gasteiger partial charge in [-0.2, -0.15) is 4.89 Å². The second-order valence-electron chi connectivity index (χ2n) is 18.1. The molecule has 12 atom stereocenters. The molecule has 2 saturated carbocycles. The van der Waals surface area contributed by atoms with Crippen LogP contribution in [0.1, 0.15) is 11.6 Å². The minimum atomic E-state index is -1.62. The van der Waals surface area contributed by atoms with E-state index in [9.17, 15) is 51.1 Å². The van der Waals surface area contributed by atoms with Crippen LogP contribution in [0.25, 0.3) is 66.0 Å². The van der Waals surface area contributed by atoms with E-state index < -0.39 is 120 Å². The number of hydrogen-bond donors (Lipinski definition) is 10. The van der Waals surface area contributed by atoms with E-state index >= 15 is 0 Å². The van der Waals surface area contributed by atoms with E-state index in [0.717, 1.165) is 27.3 Å². The SMILES string of the molecule is C=C1/C2=C(O)\C(O)=C(\O)COOc3c1c(c(O)c(O)c3-n1c3ccccc3c3cc(-c4ccc5c(c4)c4ccccc4n5C4C(O)C(O)C5OOC6C(O)C(O)C(O)C7OOC4C5C67)ccc31)OO2. The van der Waals surface area contributed by atoms with Crippen molar-refractivity contribution >= 4 is 49.2 Å². The molecule has 12 unspecified atom stereocenters. The Bertz CT molecular complexity index is 3420. The summed E-state index contributed by atoms with van der Waals surface area (Å²) < 4.78 is 3.54. The number of para-hydroxylation sites is 2. The predicted octanol–water partition coefficient (Wildman–Crippen LogP) is 4.73. The van der Waals surface area contributed by atoms with Crippen LogP contribution in [0.3, 0.4) is 0 Å². The van der Waals surface area contributed by atoms with Gasteiger partial charge in [-0.05, 0) is 47.5 Å². The fourth-order valence-electron chi connectivity index (χ4n) is 11.5. The first kappa shape index (κ1) is 42.1. The second kappa shape index (κ2) is 15.0. The molecule has 13 rings (SSSR count). The highest BCUT2D eigenvalue weighted by molar-refractivity contribution is 6.13. The summed E-state index contributed by atoms with van der Waals surface area (Å²) in [5, 5.41) is 114. The van der Waals surface area contributed by atoms with E-state index in [4.69, 9.17) is 39.1 Å². The summed E-state index contributed by atoms with van der Waals surface area (Å²) in [4.78, 5) is 44.5. The maximum absolute atomic E-state index is 12.0. The normalized spacial score (nSPS) is 33.0. The van der Waals surface area contributed by atoms with E-state index in [0.29, 0.717) is 27.5 Å². The van der Waals surface area contributed by atoms with Gasteiger partial charge in [-0.15, -0.1) is 0 Å². The molecule has 6 heterocycles. The average molecular weight is 945 g/mol. The first-order valence-corrected chi connectivity index (χ1v) is 22.0. The Morgan fingerprint density at radius 2 is 1.04 bits per heavy atom. The lowest BCUT2D eigenvalue weighted by atomic mass is 9.62. The van der Waals surface area contributed by atoms with Crippen LogP contribution in [0.2, 0.25) is 0 Å². The van der Waals surface area contributed by atoms with Crippen LogP contribution in [-0.2, 0) is 29.3 Å². The van der Waals surface area contributed by atoms with Gasteiger partial charge in [-0.1, -0.05) is 55.1 Å². The maximum Gasteiger partial charge on any atom is 0.236 e. The first-order valence-electron chi connectivity index (χ1n) is 22.0. The molecule has 20 nitrogen and oxygen atoms in total. The Morgan fingerprint density at radius 3 is 1.72 bits per heavy atom. The molecule has 354 valence electrons. The molecule has 5 aromatic carbocycles. The summed E-state index contributed by atoms with van der Waals surface area (Å²) in [6, 6.07) is 25.4. The number of phenols is 2. The van der Waals surface area contributed by atoms with Crippen molar-refractivity contribution < 1.29 is 90.2 Å². The number of aliphatic hydroxyl groups is 8. The number of fused-ring (bicyclic) bond motifs is 7. The van der Waals surface area contributed by atoms with Crippen LogP contribution < -0.4 is 9.78 Å². The van der Waals surface area contributed by atoms with E-state index in [1.54, 1.807) is 16.7 Å². The number of benzene rings is 5. The molecule has 20 heteroatoms. The molecule has 0 radical (unpaired) electrons. The molecular weight excluding hydrogens is 905 g/mol. The minimum absolute atomic E-state index is 0.101. The number of rotatable bonds is 3. The largest absolute Gasteiger partial charge is 0.506 e. The summed E-state index contributed by atoms with van der Waals surface area (Å²) >= 11 is 0. The van der Waals surface area contributed by atoms with Crippen molar-refractivity contribution in [1.29, 1.82) is 0 Å². The fourth-order valence-corrected chi connectivity index (χ4v) is 11.5. The molecule has 69 heavy (non-hydrogen) atoms. The summed E-state index contributed by atoms with van der Waals surface area (Å²) in [6.45, 7) is 3.21. The lowest BCUT2D eigenvalue weighted by molar-refractivity contribution is -0.518. The highest BCUT2D eigenvalue weighted by atomic mass is 17.2. The van der Waals surface area contributed by atoms with Gasteiger partial charge in [0.15, 0.2) is 18.1 Å². The zero-order valence-corrected chi connectivity index (χ0v) is 35.6. The molecule has 4 fully saturated rings. The fraction of sp³-hybridized carbons (Fsp3) is 0.265. The highest BCUT2D eigenvalue weighted by Gasteiger charge is 2.68. The van der Waals surface area contributed by atoms with Crippen molar-refractivity contribution in [1.82, 2.24) is 9.13 Å². The monoisotopic (exact) mass is 944 g/mol. The number of phenolic OH excluding ortho intramolecular Hbond substituents is 2. The van der Waals surface area contributed by atoms with Crippen molar-refractivity contribution in [3.63, 3.8) is 0 Å². The van der Waals surface area contributed by atoms with Crippen LogP contribution in [0.4, 0.5) is 0 Å². The van der Waals surface area contributed by atoms with Crippen molar-refractivity contribution in [2.24, 2.45) is 11.8 Å². The van der Waals surface area contributed by atoms with E-state index in [2.05, 4.69) is 6.58 Å². The highest BCUT2D eigenvalue weighted by Crippen LogP contribution is 2.58. The Balaban J connectivity index is 0.947. The van der Waals surface area contributed by atoms with Gasteiger partial charge < -0.3 is 65.1 Å². The topological polar surface area (TPSA) is 286 Å². The van der Waals surface area contributed by atoms with Gasteiger partial charge in [-0.25, -0.2) is 19.6 Å². The molecule has 0 spiro atoms. The van der Waals surface area contributed by atoms with Crippen LogP contribution in [0.15, 0.2) is 115 Å². The van der Waals surface area contributed by atoms with Gasteiger partial charge in [-0.3, -0.25) is 9.78 Å². The third-order valence-corrected chi connectivity index (χ3v) is 14.7. The second-order valence-corrected chi connectivity index (χ2v) is 18.1. The van der Waals surface area contributed by atoms with Gasteiger partial charge in [0.25, 0.3) is 0 Å². The summed E-state index contributed by atoms with van der Waals surface area (Å²) in [5.41, 5.74) is 3.66. The van der Waals surface area contributed by atoms with Crippen molar-refractivity contribution in [3.8, 4) is 39.8 Å². The third kappa shape index (κ3) is 5.62. The first-order chi connectivity index (χ1) is 33.3. The predicted molar refractivity (Wildman–Crippen MR) is 237 cm³/mol. The third-order valence-electron chi connectivity index (χ3n) is 14.7. The van der Waals surface area contributed by atoms with Gasteiger partial charge in [0.05, 0.1) is 22.6 Å². The molecule has 10 N–H and O–H groups in total. The Hall–Kier alpha value is -7.08. The number of nitrogens with zero attached hydrogens (tertiary/aromatic N) is 2. The Morgan fingerprint density at radius 1 is 0.507 bits per heavy atom. The lowest BCUT2D eigenvalue weighted by Crippen LogP contribution is -2.75. The van der Waals surface area contributed by atoms with Gasteiger partial charge in [0, 0.05) is 50.0 Å². The summed E-state index contributed by atoms with van der Waals surface area (Å²) in [5.74, 6) is -6.95. The van der Waals surface area contributed by atoms with E-state index in [-0.39, 0.29) is 22.6 Å². The average Bonchev–Trinajstić information content (AvgIpc) is 3.87. The van der Waals surface area contributed by atoms with Gasteiger partial charge >= 0.3 is 0 Å².